The number of hydrogen-bond donors (Lipinski definition) is 2. The second-order valence-corrected chi connectivity index (χ2v) is 3.32. The Kier molecular flexibility index (Phi) is 5.87. The van der Waals surface area contributed by atoms with Crippen molar-refractivity contribution in [3.63, 3.8) is 0 Å². The maximum atomic E-state index is 11.3. The molecule has 0 aliphatic carbocycles. The van der Waals surface area contributed by atoms with Gasteiger partial charge in [-0.05, 0) is 6.42 Å². The normalized spacial score (nSPS) is 12.2. The number of amides is 1. The van der Waals surface area contributed by atoms with Gasteiger partial charge in [-0.2, -0.15) is 0 Å². The topological polar surface area (TPSA) is 83.6 Å². The minimum Gasteiger partial charge on any atom is -0.480 e. The fourth-order valence-electron chi connectivity index (χ4n) is 0.951. The van der Waals surface area contributed by atoms with Crippen LogP contribution < -0.4 is 5.73 Å². The summed E-state index contributed by atoms with van der Waals surface area (Å²) in [5.74, 6) is -1.35. The van der Waals surface area contributed by atoms with Crippen LogP contribution in [0.4, 0.5) is 0 Å². The van der Waals surface area contributed by atoms with Crippen LogP contribution in [0.3, 0.4) is 0 Å². The van der Waals surface area contributed by atoms with Crippen LogP contribution in [0, 0.1) is 0 Å². The average molecular weight is 202 g/mol. The average Bonchev–Trinajstić information content (AvgIpc) is 2.13. The molecule has 0 rings (SSSR count). The van der Waals surface area contributed by atoms with Gasteiger partial charge in [0.05, 0.1) is 6.42 Å². The van der Waals surface area contributed by atoms with Crippen LogP contribution in [0.5, 0.6) is 0 Å². The number of unbranched alkanes of at least 4 members (excludes halogenated alkanes) is 1. The number of nitrogens with zero attached hydrogens (tertiary/aromatic N) is 1. The van der Waals surface area contributed by atoms with Gasteiger partial charge in [-0.3, -0.25) is 9.59 Å². The molecule has 5 nitrogen and oxygen atoms in total. The van der Waals surface area contributed by atoms with Crippen LogP contribution >= 0.6 is 0 Å². The molecule has 0 aromatic carbocycles. The zero-order chi connectivity index (χ0) is 11.1. The predicted octanol–water partition coefficient (Wildman–Crippen LogP) is 0.0469. The number of aliphatic carboxylic acids is 1. The third kappa shape index (κ3) is 4.81. The maximum absolute atomic E-state index is 11.3. The van der Waals surface area contributed by atoms with Gasteiger partial charge in [0.25, 0.3) is 0 Å². The van der Waals surface area contributed by atoms with Gasteiger partial charge >= 0.3 is 5.97 Å². The lowest BCUT2D eigenvalue weighted by Gasteiger charge is -2.17. The van der Waals surface area contributed by atoms with Gasteiger partial charge in [0.2, 0.25) is 5.91 Å². The molecule has 14 heavy (non-hydrogen) atoms. The highest BCUT2D eigenvalue weighted by Crippen LogP contribution is 1.98. The molecule has 0 bridgehead atoms. The van der Waals surface area contributed by atoms with Gasteiger partial charge in [-0.15, -0.1) is 0 Å². The van der Waals surface area contributed by atoms with Crippen molar-refractivity contribution < 1.29 is 14.7 Å². The van der Waals surface area contributed by atoms with E-state index in [4.69, 9.17) is 10.8 Å². The van der Waals surface area contributed by atoms with E-state index in [9.17, 15) is 9.59 Å². The van der Waals surface area contributed by atoms with Crippen LogP contribution in [0.25, 0.3) is 0 Å². The molecular formula is C9H18N2O3. The highest BCUT2D eigenvalue weighted by atomic mass is 16.4. The Morgan fingerprint density at radius 2 is 2.07 bits per heavy atom. The van der Waals surface area contributed by atoms with Crippen molar-refractivity contribution in [1.82, 2.24) is 4.90 Å². The molecule has 0 aliphatic heterocycles. The molecule has 3 N–H and O–H groups in total. The van der Waals surface area contributed by atoms with E-state index >= 15 is 0 Å². The predicted molar refractivity (Wildman–Crippen MR) is 52.8 cm³/mol. The first-order chi connectivity index (χ1) is 6.49. The summed E-state index contributed by atoms with van der Waals surface area (Å²) < 4.78 is 0. The Morgan fingerprint density at radius 3 is 2.50 bits per heavy atom. The molecule has 0 aliphatic rings. The summed E-state index contributed by atoms with van der Waals surface area (Å²) in [4.78, 5) is 23.2. The molecule has 0 saturated heterocycles. The van der Waals surface area contributed by atoms with Crippen molar-refractivity contribution >= 4 is 11.9 Å². The molecule has 0 spiro atoms. The van der Waals surface area contributed by atoms with Gasteiger partial charge < -0.3 is 15.7 Å². The second-order valence-electron chi connectivity index (χ2n) is 3.32. The Hall–Kier alpha value is -1.10. The number of carbonyl (C=O) groups excluding carboxylic acids is 1. The van der Waals surface area contributed by atoms with Gasteiger partial charge in [-0.25, -0.2) is 0 Å². The van der Waals surface area contributed by atoms with Crippen molar-refractivity contribution in [2.24, 2.45) is 5.73 Å². The van der Waals surface area contributed by atoms with Crippen molar-refractivity contribution in [3.8, 4) is 0 Å². The molecular weight excluding hydrogens is 184 g/mol. The molecule has 0 saturated carbocycles. The van der Waals surface area contributed by atoms with Crippen LogP contribution in [0.1, 0.15) is 26.2 Å². The molecule has 1 unspecified atom stereocenters. The zero-order valence-corrected chi connectivity index (χ0v) is 8.69. The largest absolute Gasteiger partial charge is 0.480 e. The van der Waals surface area contributed by atoms with Crippen molar-refractivity contribution in [2.75, 3.05) is 13.6 Å². The fraction of sp³-hybridized carbons (Fsp3) is 0.778. The molecule has 1 atom stereocenters. The van der Waals surface area contributed by atoms with Crippen LogP contribution in [0.15, 0.2) is 0 Å². The summed E-state index contributed by atoms with van der Waals surface area (Å²) >= 11 is 0. The number of rotatable bonds is 6. The molecule has 0 radical (unpaired) electrons. The number of hydrogen-bond acceptors (Lipinski definition) is 3. The first-order valence-electron chi connectivity index (χ1n) is 4.71. The Balaban J connectivity index is 3.88. The minimum absolute atomic E-state index is 0.129. The van der Waals surface area contributed by atoms with E-state index in [1.165, 1.54) is 4.90 Å². The molecule has 82 valence electrons. The summed E-state index contributed by atoms with van der Waals surface area (Å²) in [6, 6.07) is -1.09. The highest BCUT2D eigenvalue weighted by molar-refractivity contribution is 5.84. The summed E-state index contributed by atoms with van der Waals surface area (Å²) in [6.07, 6.45) is 1.79. The van der Waals surface area contributed by atoms with E-state index in [2.05, 4.69) is 0 Å². The number of nitrogens with two attached hydrogens (primary N) is 1. The monoisotopic (exact) mass is 202 g/mol. The Bertz CT molecular complexity index is 206. The Morgan fingerprint density at radius 1 is 1.50 bits per heavy atom. The van der Waals surface area contributed by atoms with E-state index < -0.39 is 12.0 Å². The lowest BCUT2D eigenvalue weighted by Crippen LogP contribution is -2.38. The molecule has 0 aromatic heterocycles. The van der Waals surface area contributed by atoms with Crippen molar-refractivity contribution in [2.45, 2.75) is 32.2 Å². The van der Waals surface area contributed by atoms with E-state index in [0.717, 1.165) is 12.8 Å². The molecule has 0 heterocycles. The summed E-state index contributed by atoms with van der Waals surface area (Å²) in [7, 11) is 1.66. The molecule has 0 fully saturated rings. The standard InChI is InChI=1S/C9H18N2O3/c1-3-4-5-11(2)8(12)6-7(10)9(13)14/h7H,3-6,10H2,1-2H3,(H,13,14). The zero-order valence-electron chi connectivity index (χ0n) is 8.69. The first kappa shape index (κ1) is 12.9. The van der Waals surface area contributed by atoms with E-state index in [1.54, 1.807) is 7.05 Å². The molecule has 1 amide bonds. The fourth-order valence-corrected chi connectivity index (χ4v) is 0.951. The van der Waals surface area contributed by atoms with Gasteiger partial charge in [-0.1, -0.05) is 13.3 Å². The van der Waals surface area contributed by atoms with Crippen LogP contribution in [-0.2, 0) is 9.59 Å². The van der Waals surface area contributed by atoms with Crippen molar-refractivity contribution in [3.05, 3.63) is 0 Å². The minimum atomic E-state index is -1.14. The second kappa shape index (κ2) is 6.37. The molecule has 5 heteroatoms. The summed E-state index contributed by atoms with van der Waals surface area (Å²) in [5.41, 5.74) is 5.24. The third-order valence-corrected chi connectivity index (χ3v) is 1.98. The third-order valence-electron chi connectivity index (χ3n) is 1.98. The smallest absolute Gasteiger partial charge is 0.321 e. The first-order valence-corrected chi connectivity index (χ1v) is 4.71. The van der Waals surface area contributed by atoms with Crippen LogP contribution in [0.2, 0.25) is 0 Å². The lowest BCUT2D eigenvalue weighted by molar-refractivity contribution is -0.142. The van der Waals surface area contributed by atoms with E-state index in [1.807, 2.05) is 6.92 Å². The summed E-state index contributed by atoms with van der Waals surface area (Å²) in [6.45, 7) is 2.68. The van der Waals surface area contributed by atoms with Crippen molar-refractivity contribution in [1.29, 1.82) is 0 Å². The SMILES string of the molecule is CCCCN(C)C(=O)CC(N)C(=O)O. The number of carboxylic acid groups (broad SMARTS) is 1. The van der Waals surface area contributed by atoms with Crippen LogP contribution in [-0.4, -0.2) is 41.5 Å². The Labute approximate surface area is 83.9 Å². The maximum Gasteiger partial charge on any atom is 0.321 e. The van der Waals surface area contributed by atoms with Gasteiger partial charge in [0.15, 0.2) is 0 Å². The van der Waals surface area contributed by atoms with E-state index in [-0.39, 0.29) is 12.3 Å². The number of carbonyl (C=O) groups is 2. The lowest BCUT2D eigenvalue weighted by atomic mass is 10.2. The number of carboxylic acids is 1. The molecule has 0 aromatic rings. The highest BCUT2D eigenvalue weighted by Gasteiger charge is 2.18. The van der Waals surface area contributed by atoms with Gasteiger partial charge in [0, 0.05) is 13.6 Å². The van der Waals surface area contributed by atoms with E-state index in [0.29, 0.717) is 6.54 Å². The summed E-state index contributed by atoms with van der Waals surface area (Å²) in [5, 5.41) is 8.49. The quantitative estimate of drug-likeness (QED) is 0.637. The van der Waals surface area contributed by atoms with Gasteiger partial charge in [0.1, 0.15) is 6.04 Å².